The largest absolute Gasteiger partial charge is 0.446 e. The quantitative estimate of drug-likeness (QED) is 0.670. The van der Waals surface area contributed by atoms with E-state index in [1.54, 1.807) is 4.90 Å². The molecule has 18 heavy (non-hydrogen) atoms. The zero-order valence-electron chi connectivity index (χ0n) is 11.1. The first-order valence-corrected chi connectivity index (χ1v) is 6.58. The average molecular weight is 248 g/mol. The second kappa shape index (κ2) is 8.56. The second-order valence-corrected chi connectivity index (χ2v) is 4.31. The maximum absolute atomic E-state index is 11.7. The van der Waals surface area contributed by atoms with Crippen molar-refractivity contribution in [3.63, 3.8) is 0 Å². The number of hydrogen-bond donors (Lipinski definition) is 0. The van der Waals surface area contributed by atoms with E-state index < -0.39 is 6.09 Å². The summed E-state index contributed by atoms with van der Waals surface area (Å²) >= 11 is 0. The van der Waals surface area contributed by atoms with Crippen LogP contribution < -0.4 is 4.90 Å². The first kappa shape index (κ1) is 14.6. The van der Waals surface area contributed by atoms with Gasteiger partial charge in [0.25, 0.3) is 0 Å². The fourth-order valence-electron chi connectivity index (χ4n) is 1.89. The number of amides is 1. The molecular weight excluding hydrogens is 226 g/mol. The molecule has 1 radical (unpaired) electrons. The predicted molar refractivity (Wildman–Crippen MR) is 74.4 cm³/mol. The highest BCUT2D eigenvalue weighted by Gasteiger charge is 2.14. The number of benzene rings is 1. The monoisotopic (exact) mass is 248 g/mol. The molecule has 3 nitrogen and oxygen atoms in total. The normalized spacial score (nSPS) is 10.1. The van der Waals surface area contributed by atoms with Crippen molar-refractivity contribution in [1.82, 2.24) is 0 Å². The van der Waals surface area contributed by atoms with Gasteiger partial charge in [-0.05, 0) is 18.6 Å². The Hall–Kier alpha value is -1.51. The van der Waals surface area contributed by atoms with Gasteiger partial charge in [0.1, 0.15) is 7.11 Å². The van der Waals surface area contributed by atoms with Crippen LogP contribution in [-0.4, -0.2) is 12.6 Å². The van der Waals surface area contributed by atoms with Gasteiger partial charge in [-0.1, -0.05) is 50.8 Å². The Morgan fingerprint density at radius 3 is 2.44 bits per heavy atom. The summed E-state index contributed by atoms with van der Waals surface area (Å²) in [4.78, 5) is 13.3. The molecule has 0 N–H and O–H groups in total. The molecule has 0 spiro atoms. The van der Waals surface area contributed by atoms with Crippen LogP contribution in [0.15, 0.2) is 30.3 Å². The van der Waals surface area contributed by atoms with Crippen LogP contribution in [0.2, 0.25) is 0 Å². The molecule has 99 valence electrons. The van der Waals surface area contributed by atoms with Gasteiger partial charge in [0, 0.05) is 12.2 Å². The van der Waals surface area contributed by atoms with Crippen LogP contribution in [-0.2, 0) is 4.74 Å². The molecule has 0 heterocycles. The van der Waals surface area contributed by atoms with Gasteiger partial charge in [-0.25, -0.2) is 4.79 Å². The van der Waals surface area contributed by atoms with Crippen molar-refractivity contribution in [2.24, 2.45) is 0 Å². The maximum Gasteiger partial charge on any atom is 0.414 e. The topological polar surface area (TPSA) is 29.5 Å². The highest BCUT2D eigenvalue weighted by molar-refractivity contribution is 5.87. The number of ether oxygens (including phenoxy) is 1. The van der Waals surface area contributed by atoms with Gasteiger partial charge in [0.15, 0.2) is 0 Å². The predicted octanol–water partition coefficient (Wildman–Crippen LogP) is 4.39. The summed E-state index contributed by atoms with van der Waals surface area (Å²) in [6.45, 7) is 2.87. The van der Waals surface area contributed by atoms with Gasteiger partial charge in [0.2, 0.25) is 0 Å². The number of unbranched alkanes of at least 4 members (excludes halogenated alkanes) is 4. The number of para-hydroxylation sites is 1. The summed E-state index contributed by atoms with van der Waals surface area (Å²) in [6.07, 6.45) is 5.44. The van der Waals surface area contributed by atoms with E-state index >= 15 is 0 Å². The van der Waals surface area contributed by atoms with E-state index in [9.17, 15) is 4.79 Å². The first-order chi connectivity index (χ1) is 8.79. The summed E-state index contributed by atoms with van der Waals surface area (Å²) in [5.41, 5.74) is 0.863. The Morgan fingerprint density at radius 1 is 1.17 bits per heavy atom. The van der Waals surface area contributed by atoms with E-state index in [-0.39, 0.29) is 0 Å². The van der Waals surface area contributed by atoms with Crippen molar-refractivity contribution < 1.29 is 9.53 Å². The van der Waals surface area contributed by atoms with Crippen molar-refractivity contribution in [1.29, 1.82) is 0 Å². The Bertz CT molecular complexity index is 338. The van der Waals surface area contributed by atoms with Gasteiger partial charge in [0.05, 0.1) is 0 Å². The van der Waals surface area contributed by atoms with Gasteiger partial charge < -0.3 is 4.74 Å². The van der Waals surface area contributed by atoms with E-state index in [2.05, 4.69) is 18.8 Å². The van der Waals surface area contributed by atoms with Crippen LogP contribution in [0.25, 0.3) is 0 Å². The molecule has 0 fully saturated rings. The average Bonchev–Trinajstić information content (AvgIpc) is 2.43. The Morgan fingerprint density at radius 2 is 1.83 bits per heavy atom. The van der Waals surface area contributed by atoms with Gasteiger partial charge in [-0.2, -0.15) is 0 Å². The van der Waals surface area contributed by atoms with Crippen LogP contribution in [0.4, 0.5) is 10.5 Å². The number of anilines is 1. The summed E-state index contributed by atoms with van der Waals surface area (Å²) in [6, 6.07) is 9.57. The molecule has 0 aliphatic heterocycles. The van der Waals surface area contributed by atoms with Gasteiger partial charge in [-0.15, -0.1) is 0 Å². The molecule has 1 rings (SSSR count). The molecule has 3 heteroatoms. The van der Waals surface area contributed by atoms with Crippen molar-refractivity contribution in [2.75, 3.05) is 11.4 Å². The van der Waals surface area contributed by atoms with Crippen LogP contribution in [0.3, 0.4) is 0 Å². The molecular formula is C15H22NO2. The van der Waals surface area contributed by atoms with E-state index in [1.807, 2.05) is 30.3 Å². The Balaban J connectivity index is 2.50. The minimum atomic E-state index is -0.392. The zero-order valence-corrected chi connectivity index (χ0v) is 11.1. The molecule has 0 atom stereocenters. The van der Waals surface area contributed by atoms with Gasteiger partial charge >= 0.3 is 6.09 Å². The van der Waals surface area contributed by atoms with E-state index in [1.165, 1.54) is 19.3 Å². The lowest BCUT2D eigenvalue weighted by molar-refractivity contribution is 0.191. The third-order valence-corrected chi connectivity index (χ3v) is 2.90. The molecule has 0 aliphatic rings. The molecule has 1 aromatic rings. The fraction of sp³-hybridized carbons (Fsp3) is 0.467. The van der Waals surface area contributed by atoms with Crippen molar-refractivity contribution in [2.45, 2.75) is 39.0 Å². The molecule has 0 saturated carbocycles. The molecule has 1 aromatic carbocycles. The Kier molecular flexibility index (Phi) is 6.92. The van der Waals surface area contributed by atoms with E-state index in [0.717, 1.165) is 18.5 Å². The van der Waals surface area contributed by atoms with Crippen molar-refractivity contribution in [3.8, 4) is 0 Å². The van der Waals surface area contributed by atoms with Crippen LogP contribution in [0, 0.1) is 7.11 Å². The Labute approximate surface area is 110 Å². The second-order valence-electron chi connectivity index (χ2n) is 4.31. The molecule has 0 bridgehead atoms. The number of carbonyl (C=O) groups excluding carboxylic acids is 1. The summed E-state index contributed by atoms with van der Waals surface area (Å²) in [5.74, 6) is 0. The molecule has 0 aromatic heterocycles. The fourth-order valence-corrected chi connectivity index (χ4v) is 1.89. The highest BCUT2D eigenvalue weighted by Crippen LogP contribution is 2.16. The summed E-state index contributed by atoms with van der Waals surface area (Å²) in [5, 5.41) is 0. The highest BCUT2D eigenvalue weighted by atomic mass is 16.5. The zero-order chi connectivity index (χ0) is 13.2. The first-order valence-electron chi connectivity index (χ1n) is 6.58. The minimum Gasteiger partial charge on any atom is -0.446 e. The molecule has 0 unspecified atom stereocenters. The standard InChI is InChI=1S/C15H22NO2/c1-3-4-5-6-10-13-16(15(17)18-2)14-11-8-7-9-12-14/h7-9,11-12H,2-6,10,13H2,1H3. The molecule has 0 aliphatic carbocycles. The lowest BCUT2D eigenvalue weighted by atomic mass is 10.1. The summed E-state index contributed by atoms with van der Waals surface area (Å²) in [7, 11) is 3.20. The molecule has 1 amide bonds. The third kappa shape index (κ3) is 4.78. The van der Waals surface area contributed by atoms with Crippen molar-refractivity contribution in [3.05, 3.63) is 37.4 Å². The number of nitrogens with zero attached hydrogens (tertiary/aromatic N) is 1. The minimum absolute atomic E-state index is 0.392. The van der Waals surface area contributed by atoms with Crippen LogP contribution >= 0.6 is 0 Å². The number of hydrogen-bond acceptors (Lipinski definition) is 2. The maximum atomic E-state index is 11.7. The van der Waals surface area contributed by atoms with Crippen LogP contribution in [0.5, 0.6) is 0 Å². The third-order valence-electron chi connectivity index (χ3n) is 2.90. The number of rotatable bonds is 7. The van der Waals surface area contributed by atoms with Gasteiger partial charge in [-0.3, -0.25) is 4.90 Å². The number of carbonyl (C=O) groups is 1. The summed E-state index contributed by atoms with van der Waals surface area (Å²) < 4.78 is 4.58. The smallest absolute Gasteiger partial charge is 0.414 e. The van der Waals surface area contributed by atoms with E-state index in [0.29, 0.717) is 6.54 Å². The van der Waals surface area contributed by atoms with Crippen molar-refractivity contribution >= 4 is 11.8 Å². The molecule has 0 saturated heterocycles. The lowest BCUT2D eigenvalue weighted by Gasteiger charge is -2.21. The van der Waals surface area contributed by atoms with E-state index in [4.69, 9.17) is 0 Å². The SMILES string of the molecule is [CH2]OC(=O)N(CCCCCCC)c1ccccc1. The van der Waals surface area contributed by atoms with Crippen LogP contribution in [0.1, 0.15) is 39.0 Å². The lowest BCUT2D eigenvalue weighted by Crippen LogP contribution is -2.31.